The first-order valence-corrected chi connectivity index (χ1v) is 6.83. The molecule has 0 aliphatic carbocycles. The minimum atomic E-state index is 0.0132. The monoisotopic (exact) mass is 255 g/mol. The SMILES string of the molecule is CCN(CCO)C(=O)c1cc2sccc2s1. The number of thiophene rings is 2. The third kappa shape index (κ3) is 2.11. The van der Waals surface area contributed by atoms with Gasteiger partial charge in [0.25, 0.3) is 5.91 Å². The van der Waals surface area contributed by atoms with E-state index in [1.165, 1.54) is 11.3 Å². The summed E-state index contributed by atoms with van der Waals surface area (Å²) in [5.41, 5.74) is 0. The largest absolute Gasteiger partial charge is 0.395 e. The molecule has 0 radical (unpaired) electrons. The number of carbonyl (C=O) groups is 1. The van der Waals surface area contributed by atoms with Crippen molar-refractivity contribution in [3.8, 4) is 0 Å². The van der Waals surface area contributed by atoms with E-state index >= 15 is 0 Å². The molecule has 0 aliphatic heterocycles. The zero-order valence-electron chi connectivity index (χ0n) is 8.97. The molecule has 0 aromatic carbocycles. The fourth-order valence-electron chi connectivity index (χ4n) is 1.55. The quantitative estimate of drug-likeness (QED) is 0.911. The van der Waals surface area contributed by atoms with Gasteiger partial charge in [0.2, 0.25) is 0 Å². The number of aliphatic hydroxyl groups excluding tert-OH is 1. The molecule has 0 unspecified atom stereocenters. The van der Waals surface area contributed by atoms with Crippen LogP contribution < -0.4 is 0 Å². The number of likely N-dealkylation sites (N-methyl/N-ethyl adjacent to an activating group) is 1. The van der Waals surface area contributed by atoms with Crippen molar-refractivity contribution in [2.75, 3.05) is 19.7 Å². The van der Waals surface area contributed by atoms with E-state index in [2.05, 4.69) is 0 Å². The number of fused-ring (bicyclic) bond motifs is 1. The number of hydrogen-bond donors (Lipinski definition) is 1. The Morgan fingerprint density at radius 1 is 1.50 bits per heavy atom. The van der Waals surface area contributed by atoms with Crippen LogP contribution in [0.2, 0.25) is 0 Å². The molecule has 1 N–H and O–H groups in total. The van der Waals surface area contributed by atoms with E-state index in [0.717, 1.165) is 14.3 Å². The molecule has 5 heteroatoms. The third-order valence-corrected chi connectivity index (χ3v) is 4.47. The molecule has 2 aromatic rings. The normalized spacial score (nSPS) is 10.9. The topological polar surface area (TPSA) is 40.5 Å². The smallest absolute Gasteiger partial charge is 0.264 e. The molecule has 0 spiro atoms. The van der Waals surface area contributed by atoms with E-state index in [-0.39, 0.29) is 12.5 Å². The molecular formula is C11H13NO2S2. The predicted octanol–water partition coefficient (Wildman–Crippen LogP) is 2.42. The number of hydrogen-bond acceptors (Lipinski definition) is 4. The van der Waals surface area contributed by atoms with Crippen LogP contribution in [0.3, 0.4) is 0 Å². The van der Waals surface area contributed by atoms with Crippen molar-refractivity contribution in [1.82, 2.24) is 4.90 Å². The lowest BCUT2D eigenvalue weighted by molar-refractivity contribution is 0.0737. The van der Waals surface area contributed by atoms with E-state index in [0.29, 0.717) is 13.1 Å². The lowest BCUT2D eigenvalue weighted by atomic mass is 10.3. The molecular weight excluding hydrogens is 242 g/mol. The van der Waals surface area contributed by atoms with Gasteiger partial charge in [-0.15, -0.1) is 22.7 Å². The highest BCUT2D eigenvalue weighted by atomic mass is 32.1. The summed E-state index contributed by atoms with van der Waals surface area (Å²) in [5, 5.41) is 10.9. The number of nitrogens with zero attached hydrogens (tertiary/aromatic N) is 1. The van der Waals surface area contributed by atoms with Gasteiger partial charge in [0, 0.05) is 22.5 Å². The lowest BCUT2D eigenvalue weighted by Gasteiger charge is -2.18. The van der Waals surface area contributed by atoms with Crippen molar-refractivity contribution in [3.63, 3.8) is 0 Å². The van der Waals surface area contributed by atoms with Gasteiger partial charge in [0.05, 0.1) is 11.5 Å². The van der Waals surface area contributed by atoms with Gasteiger partial charge in [-0.2, -0.15) is 0 Å². The summed E-state index contributed by atoms with van der Waals surface area (Å²) in [4.78, 5) is 14.5. The van der Waals surface area contributed by atoms with Crippen molar-refractivity contribution in [2.24, 2.45) is 0 Å². The maximum Gasteiger partial charge on any atom is 0.264 e. The second-order valence-electron chi connectivity index (χ2n) is 3.37. The summed E-state index contributed by atoms with van der Waals surface area (Å²) in [7, 11) is 0. The number of amides is 1. The highest BCUT2D eigenvalue weighted by Gasteiger charge is 2.16. The molecule has 0 fully saturated rings. The Morgan fingerprint density at radius 2 is 2.31 bits per heavy atom. The van der Waals surface area contributed by atoms with Gasteiger partial charge in [0.15, 0.2) is 0 Å². The molecule has 16 heavy (non-hydrogen) atoms. The van der Waals surface area contributed by atoms with Crippen LogP contribution in [-0.2, 0) is 0 Å². The molecule has 0 bridgehead atoms. The standard InChI is InChI=1S/C11H13NO2S2/c1-2-12(4-5-13)11(14)10-7-9-8(16-10)3-6-15-9/h3,6-7,13H,2,4-5H2,1H3. The Kier molecular flexibility index (Phi) is 3.58. The molecule has 1 amide bonds. The first-order valence-electron chi connectivity index (χ1n) is 5.13. The van der Waals surface area contributed by atoms with Crippen LogP contribution in [-0.4, -0.2) is 35.6 Å². The molecule has 2 heterocycles. The summed E-state index contributed by atoms with van der Waals surface area (Å²) < 4.78 is 2.32. The van der Waals surface area contributed by atoms with Crippen molar-refractivity contribution in [2.45, 2.75) is 6.92 Å². The predicted molar refractivity (Wildman–Crippen MR) is 68.4 cm³/mol. The molecule has 3 nitrogen and oxygen atoms in total. The number of carbonyl (C=O) groups excluding carboxylic acids is 1. The summed E-state index contributed by atoms with van der Waals surface area (Å²) >= 11 is 3.17. The second-order valence-corrected chi connectivity index (χ2v) is 5.40. The van der Waals surface area contributed by atoms with E-state index in [9.17, 15) is 4.79 Å². The van der Waals surface area contributed by atoms with Crippen LogP contribution in [0.25, 0.3) is 9.40 Å². The fourth-order valence-corrected chi connectivity index (χ4v) is 3.63. The first-order chi connectivity index (χ1) is 7.76. The molecule has 0 saturated carbocycles. The number of aliphatic hydroxyl groups is 1. The second kappa shape index (κ2) is 4.95. The summed E-state index contributed by atoms with van der Waals surface area (Å²) in [6, 6.07) is 3.97. The number of rotatable bonds is 4. The minimum absolute atomic E-state index is 0.0132. The van der Waals surface area contributed by atoms with Gasteiger partial charge in [-0.3, -0.25) is 4.79 Å². The van der Waals surface area contributed by atoms with Gasteiger partial charge in [-0.1, -0.05) is 0 Å². The zero-order chi connectivity index (χ0) is 11.5. The van der Waals surface area contributed by atoms with Crippen LogP contribution in [0.1, 0.15) is 16.6 Å². The molecule has 0 atom stereocenters. The van der Waals surface area contributed by atoms with Crippen molar-refractivity contribution >= 4 is 38.0 Å². The summed E-state index contributed by atoms with van der Waals surface area (Å²) in [5.74, 6) is 0.0185. The van der Waals surface area contributed by atoms with E-state index in [1.807, 2.05) is 24.4 Å². The highest BCUT2D eigenvalue weighted by molar-refractivity contribution is 7.27. The molecule has 86 valence electrons. The fraction of sp³-hybridized carbons (Fsp3) is 0.364. The van der Waals surface area contributed by atoms with Gasteiger partial charge < -0.3 is 10.0 Å². The van der Waals surface area contributed by atoms with E-state index in [4.69, 9.17) is 5.11 Å². The average Bonchev–Trinajstić information content (AvgIpc) is 2.84. The van der Waals surface area contributed by atoms with Crippen LogP contribution in [0, 0.1) is 0 Å². The van der Waals surface area contributed by atoms with Crippen LogP contribution in [0.4, 0.5) is 0 Å². The molecule has 2 aromatic heterocycles. The van der Waals surface area contributed by atoms with Gasteiger partial charge in [0.1, 0.15) is 0 Å². The average molecular weight is 255 g/mol. The van der Waals surface area contributed by atoms with Crippen molar-refractivity contribution < 1.29 is 9.90 Å². The Labute approximate surface area is 102 Å². The van der Waals surface area contributed by atoms with Crippen molar-refractivity contribution in [3.05, 3.63) is 22.4 Å². The third-order valence-electron chi connectivity index (χ3n) is 2.39. The summed E-state index contributed by atoms with van der Waals surface area (Å²) in [6.45, 7) is 2.97. The van der Waals surface area contributed by atoms with E-state index in [1.54, 1.807) is 16.2 Å². The van der Waals surface area contributed by atoms with Crippen LogP contribution >= 0.6 is 22.7 Å². The zero-order valence-corrected chi connectivity index (χ0v) is 10.6. The summed E-state index contributed by atoms with van der Waals surface area (Å²) in [6.07, 6.45) is 0. The highest BCUT2D eigenvalue weighted by Crippen LogP contribution is 2.30. The molecule has 0 saturated heterocycles. The molecule has 2 rings (SSSR count). The Morgan fingerprint density at radius 3 is 2.94 bits per heavy atom. The lowest BCUT2D eigenvalue weighted by Crippen LogP contribution is -2.32. The maximum atomic E-state index is 12.1. The Bertz CT molecular complexity index is 460. The maximum absolute atomic E-state index is 12.1. The van der Waals surface area contributed by atoms with Crippen molar-refractivity contribution in [1.29, 1.82) is 0 Å². The Balaban J connectivity index is 2.23. The minimum Gasteiger partial charge on any atom is -0.395 e. The van der Waals surface area contributed by atoms with Gasteiger partial charge in [-0.25, -0.2) is 0 Å². The Hall–Kier alpha value is -0.910. The van der Waals surface area contributed by atoms with Crippen LogP contribution in [0.15, 0.2) is 17.5 Å². The first kappa shape index (κ1) is 11.6. The van der Waals surface area contributed by atoms with E-state index < -0.39 is 0 Å². The van der Waals surface area contributed by atoms with Gasteiger partial charge in [-0.05, 0) is 24.4 Å². The van der Waals surface area contributed by atoms with Gasteiger partial charge >= 0.3 is 0 Å². The van der Waals surface area contributed by atoms with Crippen LogP contribution in [0.5, 0.6) is 0 Å². The molecule has 0 aliphatic rings.